The number of aryl methyl sites for hydroxylation is 2. The number of hydrogen-bond acceptors (Lipinski definition) is 4. The van der Waals surface area contributed by atoms with Gasteiger partial charge < -0.3 is 10.2 Å². The molecule has 0 saturated carbocycles. The van der Waals surface area contributed by atoms with Gasteiger partial charge in [0.1, 0.15) is 6.04 Å². The van der Waals surface area contributed by atoms with Crippen LogP contribution in [0.5, 0.6) is 0 Å². The first-order valence-corrected chi connectivity index (χ1v) is 13.4. The first-order valence-electron chi connectivity index (χ1n) is 10.7. The van der Waals surface area contributed by atoms with E-state index in [2.05, 4.69) is 21.2 Å². The highest BCUT2D eigenvalue weighted by Crippen LogP contribution is 2.22. The fraction of sp³-hybridized carbons (Fsp3) is 0.417. The first kappa shape index (κ1) is 26.9. The zero-order chi connectivity index (χ0) is 24.8. The second kappa shape index (κ2) is 11.7. The highest BCUT2D eigenvalue weighted by Gasteiger charge is 2.26. The number of sulfonamides is 1. The van der Waals surface area contributed by atoms with Crippen molar-refractivity contribution in [1.29, 1.82) is 0 Å². The van der Waals surface area contributed by atoms with Crippen molar-refractivity contribution in [2.75, 3.05) is 24.2 Å². The lowest BCUT2D eigenvalue weighted by Gasteiger charge is -2.29. The van der Waals surface area contributed by atoms with E-state index in [-0.39, 0.29) is 31.3 Å². The molecule has 9 heteroatoms. The van der Waals surface area contributed by atoms with Crippen molar-refractivity contribution < 1.29 is 18.0 Å². The molecule has 2 amide bonds. The van der Waals surface area contributed by atoms with E-state index in [0.29, 0.717) is 12.1 Å². The molecule has 7 nitrogen and oxygen atoms in total. The number of amides is 2. The molecule has 1 N–H and O–H groups in total. The number of nitrogens with zero attached hydrogens (tertiary/aromatic N) is 2. The number of likely N-dealkylation sites (N-methyl/N-ethyl adjacent to an activating group) is 1. The van der Waals surface area contributed by atoms with Crippen LogP contribution in [0.1, 0.15) is 36.5 Å². The third-order valence-electron chi connectivity index (χ3n) is 5.59. The molecule has 2 aromatic carbocycles. The number of anilines is 1. The lowest BCUT2D eigenvalue weighted by Crippen LogP contribution is -2.46. The summed E-state index contributed by atoms with van der Waals surface area (Å²) in [7, 11) is -1.98. The van der Waals surface area contributed by atoms with Gasteiger partial charge in [0, 0.05) is 31.0 Å². The maximum atomic E-state index is 13.1. The van der Waals surface area contributed by atoms with Gasteiger partial charge in [-0.15, -0.1) is 0 Å². The van der Waals surface area contributed by atoms with Gasteiger partial charge in [-0.3, -0.25) is 13.9 Å². The Balaban J connectivity index is 2.16. The van der Waals surface area contributed by atoms with Gasteiger partial charge >= 0.3 is 0 Å². The highest BCUT2D eigenvalue weighted by molar-refractivity contribution is 9.10. The summed E-state index contributed by atoms with van der Waals surface area (Å²) >= 11 is 3.43. The summed E-state index contributed by atoms with van der Waals surface area (Å²) in [6.07, 6.45) is 1.61. The van der Waals surface area contributed by atoms with Crippen LogP contribution in [0.3, 0.4) is 0 Å². The number of benzene rings is 2. The SMILES string of the molecule is CNC(=O)[C@H](C)N(Cc1cccc(Br)c1)C(=O)CCCN(c1ccc(C)c(C)c1)S(C)(=O)=O. The van der Waals surface area contributed by atoms with Gasteiger partial charge in [-0.1, -0.05) is 34.1 Å². The van der Waals surface area contributed by atoms with E-state index in [1.165, 1.54) is 16.3 Å². The molecular formula is C24H32BrN3O4S. The fourth-order valence-electron chi connectivity index (χ4n) is 3.51. The van der Waals surface area contributed by atoms with E-state index in [0.717, 1.165) is 27.4 Å². The summed E-state index contributed by atoms with van der Waals surface area (Å²) in [6.45, 7) is 6.04. The molecule has 2 rings (SSSR count). The molecule has 0 radical (unpaired) electrons. The summed E-state index contributed by atoms with van der Waals surface area (Å²) in [5.74, 6) is -0.467. The lowest BCUT2D eigenvalue weighted by atomic mass is 10.1. The Bertz CT molecular complexity index is 1100. The number of halogens is 1. The van der Waals surface area contributed by atoms with Crippen LogP contribution >= 0.6 is 15.9 Å². The van der Waals surface area contributed by atoms with Gasteiger partial charge in [-0.05, 0) is 68.1 Å². The van der Waals surface area contributed by atoms with E-state index in [1.807, 2.05) is 50.2 Å². The van der Waals surface area contributed by atoms with E-state index in [9.17, 15) is 18.0 Å². The fourth-order valence-corrected chi connectivity index (χ4v) is 4.91. The van der Waals surface area contributed by atoms with E-state index < -0.39 is 16.1 Å². The van der Waals surface area contributed by atoms with Crippen molar-refractivity contribution in [3.05, 3.63) is 63.6 Å². The van der Waals surface area contributed by atoms with Gasteiger partial charge in [0.15, 0.2) is 0 Å². The molecule has 0 saturated heterocycles. The van der Waals surface area contributed by atoms with E-state index >= 15 is 0 Å². The van der Waals surface area contributed by atoms with Crippen molar-refractivity contribution in [2.24, 2.45) is 0 Å². The van der Waals surface area contributed by atoms with Crippen molar-refractivity contribution in [2.45, 2.75) is 46.2 Å². The van der Waals surface area contributed by atoms with Crippen LogP contribution in [-0.4, -0.2) is 51.0 Å². The minimum atomic E-state index is -3.51. The average Bonchev–Trinajstić information content (AvgIpc) is 2.75. The molecule has 180 valence electrons. The quantitative estimate of drug-likeness (QED) is 0.499. The molecule has 2 aromatic rings. The maximum Gasteiger partial charge on any atom is 0.242 e. The normalized spacial score (nSPS) is 12.2. The van der Waals surface area contributed by atoms with E-state index in [1.54, 1.807) is 13.0 Å². The smallest absolute Gasteiger partial charge is 0.242 e. The Labute approximate surface area is 205 Å². The molecule has 0 aromatic heterocycles. The summed E-state index contributed by atoms with van der Waals surface area (Å²) in [4.78, 5) is 26.9. The number of hydrogen-bond donors (Lipinski definition) is 1. The molecule has 0 aliphatic heterocycles. The lowest BCUT2D eigenvalue weighted by molar-refractivity contribution is -0.140. The van der Waals surface area contributed by atoms with Crippen LogP contribution in [0.15, 0.2) is 46.9 Å². The second-order valence-corrected chi connectivity index (χ2v) is 11.0. The molecule has 0 aliphatic carbocycles. The van der Waals surface area contributed by atoms with Crippen molar-refractivity contribution in [3.63, 3.8) is 0 Å². The Morgan fingerprint density at radius 1 is 1.09 bits per heavy atom. The maximum absolute atomic E-state index is 13.1. The molecule has 0 heterocycles. The second-order valence-electron chi connectivity index (χ2n) is 8.15. The zero-order valence-electron chi connectivity index (χ0n) is 19.8. The molecule has 0 aliphatic rings. The Morgan fingerprint density at radius 3 is 2.36 bits per heavy atom. The Kier molecular flexibility index (Phi) is 9.48. The Morgan fingerprint density at radius 2 is 1.79 bits per heavy atom. The zero-order valence-corrected chi connectivity index (χ0v) is 22.2. The number of carbonyl (C=O) groups excluding carboxylic acids is 2. The first-order chi connectivity index (χ1) is 15.4. The molecule has 0 fully saturated rings. The van der Waals surface area contributed by atoms with Gasteiger partial charge in [0.25, 0.3) is 0 Å². The van der Waals surface area contributed by atoms with Crippen LogP contribution in [0, 0.1) is 13.8 Å². The van der Waals surface area contributed by atoms with Crippen LogP contribution in [0.4, 0.5) is 5.69 Å². The number of nitrogens with one attached hydrogen (secondary N) is 1. The average molecular weight is 539 g/mol. The standard InChI is InChI=1S/C24H32BrN3O4S/c1-17-11-12-22(14-18(17)2)28(33(5,31)32)13-7-10-23(29)27(19(3)24(30)26-4)16-20-8-6-9-21(25)15-20/h6,8-9,11-12,14-15,19H,7,10,13,16H2,1-5H3,(H,26,30)/t19-/m0/s1. The minimum Gasteiger partial charge on any atom is -0.357 e. The highest BCUT2D eigenvalue weighted by atomic mass is 79.9. The summed E-state index contributed by atoms with van der Waals surface area (Å²) in [6, 6.07) is 12.4. The van der Waals surface area contributed by atoms with Gasteiger partial charge in [-0.2, -0.15) is 0 Å². The monoisotopic (exact) mass is 537 g/mol. The third-order valence-corrected chi connectivity index (χ3v) is 7.27. The largest absolute Gasteiger partial charge is 0.357 e. The summed E-state index contributed by atoms with van der Waals surface area (Å²) in [5.41, 5.74) is 3.55. The Hall–Kier alpha value is -2.39. The molecule has 0 unspecified atom stereocenters. The molecule has 0 spiro atoms. The third kappa shape index (κ3) is 7.57. The predicted molar refractivity (Wildman–Crippen MR) is 136 cm³/mol. The summed E-state index contributed by atoms with van der Waals surface area (Å²) in [5, 5.41) is 2.59. The van der Waals surface area contributed by atoms with Crippen LogP contribution < -0.4 is 9.62 Å². The van der Waals surface area contributed by atoms with Crippen molar-refractivity contribution in [1.82, 2.24) is 10.2 Å². The van der Waals surface area contributed by atoms with Gasteiger partial charge in [0.05, 0.1) is 11.9 Å². The van der Waals surface area contributed by atoms with Crippen LogP contribution in [0.25, 0.3) is 0 Å². The van der Waals surface area contributed by atoms with Crippen molar-refractivity contribution >= 4 is 43.5 Å². The molecule has 0 bridgehead atoms. The molecule has 1 atom stereocenters. The summed E-state index contributed by atoms with van der Waals surface area (Å²) < 4.78 is 27.1. The van der Waals surface area contributed by atoms with Crippen LogP contribution in [0.2, 0.25) is 0 Å². The van der Waals surface area contributed by atoms with Crippen LogP contribution in [-0.2, 0) is 26.2 Å². The van der Waals surface area contributed by atoms with Gasteiger partial charge in [-0.25, -0.2) is 8.42 Å². The van der Waals surface area contributed by atoms with Gasteiger partial charge in [0.2, 0.25) is 21.8 Å². The molecular weight excluding hydrogens is 506 g/mol. The number of rotatable bonds is 10. The minimum absolute atomic E-state index is 0.117. The molecule has 33 heavy (non-hydrogen) atoms. The topological polar surface area (TPSA) is 86.8 Å². The predicted octanol–water partition coefficient (Wildman–Crippen LogP) is 3.78. The van der Waals surface area contributed by atoms with Crippen molar-refractivity contribution in [3.8, 4) is 0 Å². The number of carbonyl (C=O) groups is 2. The van der Waals surface area contributed by atoms with E-state index in [4.69, 9.17) is 0 Å².